The Labute approximate surface area is 115 Å². The van der Waals surface area contributed by atoms with Crippen LogP contribution in [0.25, 0.3) is 0 Å². The third-order valence-corrected chi connectivity index (χ3v) is 3.05. The van der Waals surface area contributed by atoms with E-state index in [9.17, 15) is 8.78 Å². The molecule has 1 aromatic heterocycles. The zero-order chi connectivity index (χ0) is 14.2. The molecule has 1 N–H and O–H groups in total. The van der Waals surface area contributed by atoms with Crippen molar-refractivity contribution >= 4 is 12.2 Å². The Morgan fingerprint density at radius 3 is 2.58 bits per heavy atom. The Morgan fingerprint density at radius 2 is 2.00 bits per heavy atom. The van der Waals surface area contributed by atoms with Crippen LogP contribution in [-0.4, -0.2) is 14.8 Å². The molecule has 0 fully saturated rings. The lowest BCUT2D eigenvalue weighted by Gasteiger charge is -2.22. The molecule has 3 nitrogen and oxygen atoms in total. The summed E-state index contributed by atoms with van der Waals surface area (Å²) in [6.07, 6.45) is 0.260. The van der Waals surface area contributed by atoms with Crippen molar-refractivity contribution in [3.05, 3.63) is 46.0 Å². The van der Waals surface area contributed by atoms with E-state index in [1.165, 1.54) is 12.1 Å². The smallest absolute Gasteiger partial charge is 0.195 e. The standard InChI is InChI=1S/C13H15F2N3S/c1-13(2,3)18-11(16-17-12(18)19)6-8-4-5-9(14)7-10(8)15/h4-5,7H,6H2,1-3H3,(H,17,19). The number of rotatable bonds is 2. The van der Waals surface area contributed by atoms with Crippen molar-refractivity contribution < 1.29 is 8.78 Å². The third-order valence-electron chi connectivity index (χ3n) is 2.78. The molecular weight excluding hydrogens is 268 g/mol. The number of nitrogens with zero attached hydrogens (tertiary/aromatic N) is 2. The zero-order valence-corrected chi connectivity index (χ0v) is 11.8. The van der Waals surface area contributed by atoms with Crippen molar-refractivity contribution in [1.29, 1.82) is 0 Å². The largest absolute Gasteiger partial charge is 0.298 e. The molecule has 0 saturated heterocycles. The van der Waals surface area contributed by atoms with Crippen molar-refractivity contribution in [2.45, 2.75) is 32.7 Å². The summed E-state index contributed by atoms with van der Waals surface area (Å²) in [5.41, 5.74) is 0.136. The van der Waals surface area contributed by atoms with E-state index >= 15 is 0 Å². The summed E-state index contributed by atoms with van der Waals surface area (Å²) < 4.78 is 28.9. The van der Waals surface area contributed by atoms with Crippen LogP contribution in [0.5, 0.6) is 0 Å². The van der Waals surface area contributed by atoms with E-state index < -0.39 is 11.6 Å². The van der Waals surface area contributed by atoms with E-state index in [-0.39, 0.29) is 12.0 Å². The van der Waals surface area contributed by atoms with Gasteiger partial charge < -0.3 is 0 Å². The van der Waals surface area contributed by atoms with Crippen LogP contribution in [0.2, 0.25) is 0 Å². The minimum absolute atomic E-state index is 0.254. The predicted octanol–water partition coefficient (Wildman–Crippen LogP) is 3.56. The highest BCUT2D eigenvalue weighted by atomic mass is 32.1. The Balaban J connectivity index is 2.42. The number of aromatic nitrogens is 3. The maximum Gasteiger partial charge on any atom is 0.195 e. The molecule has 0 unspecified atom stereocenters. The first-order valence-electron chi connectivity index (χ1n) is 5.90. The van der Waals surface area contributed by atoms with Gasteiger partial charge in [-0.05, 0) is 44.6 Å². The Kier molecular flexibility index (Phi) is 3.54. The molecule has 2 rings (SSSR count). The summed E-state index contributed by atoms with van der Waals surface area (Å²) in [5, 5.41) is 6.84. The average Bonchev–Trinajstić information content (AvgIpc) is 2.63. The molecular formula is C13H15F2N3S. The molecule has 0 saturated carbocycles. The van der Waals surface area contributed by atoms with E-state index in [2.05, 4.69) is 10.2 Å². The lowest BCUT2D eigenvalue weighted by atomic mass is 10.1. The number of hydrogen-bond donors (Lipinski definition) is 1. The Morgan fingerprint density at radius 1 is 1.32 bits per heavy atom. The number of nitrogens with one attached hydrogen (secondary N) is 1. The summed E-state index contributed by atoms with van der Waals surface area (Å²) in [4.78, 5) is 0. The first kappa shape index (κ1) is 13.9. The molecule has 2 aromatic rings. The van der Waals surface area contributed by atoms with E-state index in [1.807, 2.05) is 25.3 Å². The van der Waals surface area contributed by atoms with Gasteiger partial charge >= 0.3 is 0 Å². The maximum absolute atomic E-state index is 13.7. The normalized spacial score (nSPS) is 11.8. The van der Waals surface area contributed by atoms with Crippen molar-refractivity contribution in [2.24, 2.45) is 0 Å². The molecule has 1 aromatic carbocycles. The SMILES string of the molecule is CC(C)(C)n1c(Cc2ccc(F)cc2F)n[nH]c1=S. The van der Waals surface area contributed by atoms with Gasteiger partial charge in [-0.15, -0.1) is 0 Å². The molecule has 6 heteroatoms. The third kappa shape index (κ3) is 2.89. The number of benzene rings is 1. The van der Waals surface area contributed by atoms with Gasteiger partial charge in [0.1, 0.15) is 17.5 Å². The number of aromatic amines is 1. The van der Waals surface area contributed by atoms with Crippen LogP contribution in [-0.2, 0) is 12.0 Å². The summed E-state index contributed by atoms with van der Waals surface area (Å²) in [6.45, 7) is 5.97. The van der Waals surface area contributed by atoms with Crippen molar-refractivity contribution in [3.63, 3.8) is 0 Å². The average molecular weight is 283 g/mol. The second-order valence-electron chi connectivity index (χ2n) is 5.36. The molecule has 0 aliphatic heterocycles. The summed E-state index contributed by atoms with van der Waals surface area (Å²) in [6, 6.07) is 3.54. The first-order valence-corrected chi connectivity index (χ1v) is 6.30. The van der Waals surface area contributed by atoms with E-state index in [1.54, 1.807) is 0 Å². The van der Waals surface area contributed by atoms with Gasteiger partial charge in [0.2, 0.25) is 0 Å². The van der Waals surface area contributed by atoms with Gasteiger partial charge in [-0.3, -0.25) is 9.67 Å². The molecule has 0 amide bonds. The van der Waals surface area contributed by atoms with Gasteiger partial charge in [0.15, 0.2) is 4.77 Å². The highest BCUT2D eigenvalue weighted by Gasteiger charge is 2.20. The summed E-state index contributed by atoms with van der Waals surface area (Å²) in [7, 11) is 0. The van der Waals surface area contributed by atoms with E-state index in [4.69, 9.17) is 12.2 Å². The van der Waals surface area contributed by atoms with Gasteiger partial charge in [-0.1, -0.05) is 6.07 Å². The maximum atomic E-state index is 13.7. The fourth-order valence-corrected chi connectivity index (χ4v) is 2.40. The topological polar surface area (TPSA) is 33.6 Å². The number of H-pyrrole nitrogens is 1. The van der Waals surface area contributed by atoms with Gasteiger partial charge in [-0.25, -0.2) is 8.78 Å². The second kappa shape index (κ2) is 4.85. The molecule has 0 bridgehead atoms. The van der Waals surface area contributed by atoms with Crippen LogP contribution >= 0.6 is 12.2 Å². The van der Waals surface area contributed by atoms with E-state index in [0.29, 0.717) is 16.2 Å². The molecule has 0 aliphatic carbocycles. The van der Waals surface area contributed by atoms with Gasteiger partial charge in [-0.2, -0.15) is 5.10 Å². The minimum atomic E-state index is -0.587. The lowest BCUT2D eigenvalue weighted by Crippen LogP contribution is -2.24. The fraction of sp³-hybridized carbons (Fsp3) is 0.385. The summed E-state index contributed by atoms with van der Waals surface area (Å²) >= 11 is 5.18. The van der Waals surface area contributed by atoms with Crippen molar-refractivity contribution in [2.75, 3.05) is 0 Å². The zero-order valence-electron chi connectivity index (χ0n) is 11.0. The van der Waals surface area contributed by atoms with Crippen LogP contribution in [0.3, 0.4) is 0 Å². The monoisotopic (exact) mass is 283 g/mol. The molecule has 0 radical (unpaired) electrons. The molecule has 19 heavy (non-hydrogen) atoms. The predicted molar refractivity (Wildman–Crippen MR) is 71.6 cm³/mol. The Hall–Kier alpha value is -1.56. The van der Waals surface area contributed by atoms with Crippen molar-refractivity contribution in [1.82, 2.24) is 14.8 Å². The van der Waals surface area contributed by atoms with Gasteiger partial charge in [0, 0.05) is 18.0 Å². The molecule has 102 valence electrons. The molecule has 0 spiro atoms. The lowest BCUT2D eigenvalue weighted by molar-refractivity contribution is 0.379. The van der Waals surface area contributed by atoms with Crippen LogP contribution in [0.15, 0.2) is 18.2 Å². The second-order valence-corrected chi connectivity index (χ2v) is 5.75. The molecule has 0 aliphatic rings. The van der Waals surface area contributed by atoms with Crippen molar-refractivity contribution in [3.8, 4) is 0 Å². The fourth-order valence-electron chi connectivity index (χ4n) is 1.98. The molecule has 1 heterocycles. The summed E-state index contributed by atoms with van der Waals surface area (Å²) in [5.74, 6) is -0.534. The van der Waals surface area contributed by atoms with Crippen LogP contribution in [0.4, 0.5) is 8.78 Å². The van der Waals surface area contributed by atoms with Gasteiger partial charge in [0.05, 0.1) is 0 Å². The number of halogens is 2. The van der Waals surface area contributed by atoms with Gasteiger partial charge in [0.25, 0.3) is 0 Å². The quantitative estimate of drug-likeness (QED) is 0.855. The number of hydrogen-bond acceptors (Lipinski definition) is 2. The van der Waals surface area contributed by atoms with Crippen LogP contribution in [0, 0.1) is 16.4 Å². The van der Waals surface area contributed by atoms with E-state index in [0.717, 1.165) is 6.07 Å². The highest BCUT2D eigenvalue weighted by Crippen LogP contribution is 2.20. The molecule has 0 atom stereocenters. The highest BCUT2D eigenvalue weighted by molar-refractivity contribution is 7.71. The minimum Gasteiger partial charge on any atom is -0.298 e. The first-order chi connectivity index (χ1) is 8.79. The Bertz CT molecular complexity index is 653. The van der Waals surface area contributed by atoms with Crippen LogP contribution in [0.1, 0.15) is 32.2 Å². The van der Waals surface area contributed by atoms with Crippen LogP contribution < -0.4 is 0 Å².